The molecule has 0 spiro atoms. The molecule has 1 aromatic rings. The van der Waals surface area contributed by atoms with Gasteiger partial charge < -0.3 is 0 Å². The number of hydrogen-bond donors (Lipinski definition) is 0. The van der Waals surface area contributed by atoms with Crippen LogP contribution in [0.2, 0.25) is 0 Å². The fourth-order valence-corrected chi connectivity index (χ4v) is 2.40. The van der Waals surface area contributed by atoms with Crippen LogP contribution >= 0.6 is 0 Å². The van der Waals surface area contributed by atoms with Crippen molar-refractivity contribution < 1.29 is 9.90 Å². The summed E-state index contributed by atoms with van der Waals surface area (Å²) in [7, 11) is 0. The molecule has 2 heteroatoms. The van der Waals surface area contributed by atoms with Gasteiger partial charge in [0, 0.05) is 11.1 Å². The molecule has 0 N–H and O–H groups in total. The summed E-state index contributed by atoms with van der Waals surface area (Å²) in [4.78, 5) is 11.8. The quantitative estimate of drug-likeness (QED) is 0.667. The van der Waals surface area contributed by atoms with Crippen LogP contribution in [-0.2, 0) is 15.9 Å². The molecule has 0 fully saturated rings. The van der Waals surface area contributed by atoms with Crippen LogP contribution in [0.3, 0.4) is 0 Å². The minimum Gasteiger partial charge on any atom is -0.295 e. The van der Waals surface area contributed by atoms with Crippen molar-refractivity contribution in [1.29, 1.82) is 0 Å². The number of carbonyl (C=O) groups is 1. The molecule has 0 aliphatic rings. The van der Waals surface area contributed by atoms with Gasteiger partial charge in [0.2, 0.25) is 0 Å². The first kappa shape index (κ1) is 14.7. The molecule has 18 heavy (non-hydrogen) atoms. The maximum absolute atomic E-state index is 12.2. The molecule has 0 aromatic heterocycles. The fraction of sp³-hybridized carbons (Fsp3) is 0.562. The smallest absolute Gasteiger partial charge is 0.182 e. The lowest BCUT2D eigenvalue weighted by Crippen LogP contribution is -2.25. The van der Waals surface area contributed by atoms with E-state index < -0.39 is 0 Å². The van der Waals surface area contributed by atoms with E-state index in [0.29, 0.717) is 5.56 Å². The van der Waals surface area contributed by atoms with E-state index in [9.17, 15) is 9.90 Å². The Morgan fingerprint density at radius 1 is 0.889 bits per heavy atom. The van der Waals surface area contributed by atoms with Gasteiger partial charge in [-0.15, -0.1) is 0 Å². The highest BCUT2D eigenvalue weighted by Gasteiger charge is 2.32. The fourth-order valence-electron chi connectivity index (χ4n) is 2.40. The topological polar surface area (TPSA) is 37.0 Å². The zero-order valence-electron chi connectivity index (χ0n) is 12.5. The molecule has 0 aliphatic heterocycles. The third kappa shape index (κ3) is 2.74. The molecular formula is C16H23O2. The van der Waals surface area contributed by atoms with Crippen LogP contribution in [0.15, 0.2) is 12.1 Å². The van der Waals surface area contributed by atoms with E-state index in [0.717, 1.165) is 11.1 Å². The van der Waals surface area contributed by atoms with Crippen LogP contribution in [0.5, 0.6) is 5.75 Å². The van der Waals surface area contributed by atoms with Crippen molar-refractivity contribution in [3.8, 4) is 5.75 Å². The highest BCUT2D eigenvalue weighted by Crippen LogP contribution is 2.41. The standard InChI is InChI=1S/C16H23O2/c1-10(17)11-8-9-12(18)14(16(5,6)7)13(11)15(2,3)4/h8-9H,1-7H3. The third-order valence-electron chi connectivity index (χ3n) is 3.05. The van der Waals surface area contributed by atoms with Crippen molar-refractivity contribution in [2.75, 3.05) is 0 Å². The Hall–Kier alpha value is -1.31. The normalized spacial score (nSPS) is 12.6. The molecule has 0 saturated carbocycles. The number of benzene rings is 1. The van der Waals surface area contributed by atoms with Crippen LogP contribution in [-0.4, -0.2) is 5.78 Å². The van der Waals surface area contributed by atoms with E-state index in [1.807, 2.05) is 41.5 Å². The van der Waals surface area contributed by atoms with Crippen molar-refractivity contribution in [2.45, 2.75) is 59.3 Å². The van der Waals surface area contributed by atoms with Crippen molar-refractivity contribution in [2.24, 2.45) is 0 Å². The molecule has 0 saturated heterocycles. The monoisotopic (exact) mass is 247 g/mol. The second-order valence-electron chi connectivity index (χ2n) is 6.92. The van der Waals surface area contributed by atoms with Crippen LogP contribution < -0.4 is 0 Å². The molecule has 1 radical (unpaired) electrons. The Balaban J connectivity index is 3.79. The van der Waals surface area contributed by atoms with E-state index >= 15 is 0 Å². The van der Waals surface area contributed by atoms with Gasteiger partial charge in [0.05, 0.1) is 0 Å². The van der Waals surface area contributed by atoms with Crippen molar-refractivity contribution in [3.05, 3.63) is 28.8 Å². The molecule has 0 amide bonds. The zero-order chi connectivity index (χ0) is 14.3. The van der Waals surface area contributed by atoms with Gasteiger partial charge in [-0.05, 0) is 35.4 Å². The van der Waals surface area contributed by atoms with E-state index in [1.165, 1.54) is 6.07 Å². The predicted molar refractivity (Wildman–Crippen MR) is 74.0 cm³/mol. The van der Waals surface area contributed by atoms with Crippen LogP contribution in [0.1, 0.15) is 70.0 Å². The summed E-state index contributed by atoms with van der Waals surface area (Å²) < 4.78 is 0. The lowest BCUT2D eigenvalue weighted by molar-refractivity contribution is 0.101. The second-order valence-corrected chi connectivity index (χ2v) is 6.92. The predicted octanol–water partition coefficient (Wildman–Crippen LogP) is 4.63. The highest BCUT2D eigenvalue weighted by molar-refractivity contribution is 5.96. The number of hydrogen-bond acceptors (Lipinski definition) is 1. The van der Waals surface area contributed by atoms with E-state index in [2.05, 4.69) is 0 Å². The molecule has 2 nitrogen and oxygen atoms in total. The number of Topliss-reactive ketones (excluding diaryl/α,β-unsaturated/α-hetero) is 1. The molecule has 0 atom stereocenters. The molecule has 0 heterocycles. The van der Waals surface area contributed by atoms with Gasteiger partial charge in [-0.2, -0.15) is 0 Å². The average molecular weight is 247 g/mol. The largest absolute Gasteiger partial charge is 0.295 e. The Bertz CT molecular complexity index is 471. The summed E-state index contributed by atoms with van der Waals surface area (Å²) in [6.45, 7) is 13.7. The molecule has 1 rings (SSSR count). The zero-order valence-corrected chi connectivity index (χ0v) is 12.5. The van der Waals surface area contributed by atoms with Crippen molar-refractivity contribution in [3.63, 3.8) is 0 Å². The minimum atomic E-state index is -0.259. The Morgan fingerprint density at radius 2 is 1.33 bits per heavy atom. The summed E-state index contributed by atoms with van der Waals surface area (Å²) in [6.07, 6.45) is 0. The summed E-state index contributed by atoms with van der Waals surface area (Å²) >= 11 is 0. The van der Waals surface area contributed by atoms with Gasteiger partial charge in [0.15, 0.2) is 11.5 Å². The van der Waals surface area contributed by atoms with Gasteiger partial charge >= 0.3 is 0 Å². The first-order valence-corrected chi connectivity index (χ1v) is 6.32. The molecule has 99 valence electrons. The Kier molecular flexibility index (Phi) is 3.62. The SMILES string of the molecule is CC(=O)c1ccc([O])c(C(C)(C)C)c1C(C)(C)C. The van der Waals surface area contributed by atoms with E-state index in [1.54, 1.807) is 13.0 Å². The Morgan fingerprint density at radius 3 is 1.67 bits per heavy atom. The van der Waals surface area contributed by atoms with Crippen LogP contribution in [0, 0.1) is 0 Å². The first-order chi connectivity index (χ1) is 7.96. The molecule has 0 bridgehead atoms. The summed E-state index contributed by atoms with van der Waals surface area (Å²) in [6, 6.07) is 3.19. The summed E-state index contributed by atoms with van der Waals surface area (Å²) in [5.74, 6) is 0.0443. The maximum atomic E-state index is 12.2. The summed E-state index contributed by atoms with van der Waals surface area (Å²) in [5, 5.41) is 12.2. The number of rotatable bonds is 1. The van der Waals surface area contributed by atoms with Gasteiger partial charge in [0.25, 0.3) is 0 Å². The first-order valence-electron chi connectivity index (χ1n) is 6.32. The van der Waals surface area contributed by atoms with Crippen LogP contribution in [0.4, 0.5) is 0 Å². The number of carbonyl (C=O) groups excluding carboxylic acids is 1. The molecule has 0 aliphatic carbocycles. The summed E-state index contributed by atoms with van der Waals surface area (Å²) in [5.41, 5.74) is 1.86. The van der Waals surface area contributed by atoms with Gasteiger partial charge in [-0.25, -0.2) is 0 Å². The molecule has 1 aromatic carbocycles. The second kappa shape index (κ2) is 4.42. The third-order valence-corrected chi connectivity index (χ3v) is 3.05. The van der Waals surface area contributed by atoms with Gasteiger partial charge in [-0.3, -0.25) is 9.90 Å². The average Bonchev–Trinajstić information content (AvgIpc) is 2.13. The van der Waals surface area contributed by atoms with E-state index in [4.69, 9.17) is 0 Å². The number of ketones is 1. The van der Waals surface area contributed by atoms with Gasteiger partial charge in [-0.1, -0.05) is 41.5 Å². The van der Waals surface area contributed by atoms with Gasteiger partial charge in [0.1, 0.15) is 0 Å². The van der Waals surface area contributed by atoms with Crippen molar-refractivity contribution >= 4 is 5.78 Å². The lowest BCUT2D eigenvalue weighted by atomic mass is 9.72. The highest BCUT2D eigenvalue weighted by atomic mass is 16.3. The van der Waals surface area contributed by atoms with Crippen molar-refractivity contribution in [1.82, 2.24) is 0 Å². The molecule has 0 unspecified atom stereocenters. The Labute approximate surface area is 110 Å². The minimum absolute atomic E-state index is 0.0189. The maximum Gasteiger partial charge on any atom is 0.182 e. The molecular weight excluding hydrogens is 224 g/mol. The van der Waals surface area contributed by atoms with E-state index in [-0.39, 0.29) is 22.4 Å². The van der Waals surface area contributed by atoms with Crippen LogP contribution in [0.25, 0.3) is 0 Å². The lowest BCUT2D eigenvalue weighted by Gasteiger charge is -2.31.